The second-order valence-electron chi connectivity index (χ2n) is 5.20. The van der Waals surface area contributed by atoms with E-state index in [1.54, 1.807) is 0 Å². The molecule has 0 radical (unpaired) electrons. The Hall–Kier alpha value is -0.580. The smallest absolute Gasteiger partial charge is 0.357 e. The summed E-state index contributed by atoms with van der Waals surface area (Å²) in [5.41, 5.74) is -0.813. The summed E-state index contributed by atoms with van der Waals surface area (Å²) in [6.07, 6.45) is -1.76. The van der Waals surface area contributed by atoms with Crippen molar-refractivity contribution in [3.8, 4) is 0 Å². The van der Waals surface area contributed by atoms with Crippen molar-refractivity contribution in [2.24, 2.45) is 10.9 Å². The Bertz CT molecular complexity index is 487. The lowest BCUT2D eigenvalue weighted by molar-refractivity contribution is -0.140. The summed E-state index contributed by atoms with van der Waals surface area (Å²) in [6.45, 7) is 8.25. The van der Waals surface area contributed by atoms with Gasteiger partial charge in [-0.3, -0.25) is 4.99 Å². The summed E-state index contributed by atoms with van der Waals surface area (Å²) in [5.74, 6) is 1.26. The summed E-state index contributed by atoms with van der Waals surface area (Å²) in [6, 6.07) is 0. The maximum absolute atomic E-state index is 12.5. The van der Waals surface area contributed by atoms with E-state index in [1.165, 1.54) is 0 Å². The lowest BCUT2D eigenvalue weighted by atomic mass is 10.0. The van der Waals surface area contributed by atoms with E-state index in [2.05, 4.69) is 34.5 Å². The first-order valence-corrected chi connectivity index (χ1v) is 8.82. The molecule has 140 valence electrons. The molecule has 1 aromatic rings. The zero-order chi connectivity index (χ0) is 17.3. The molecule has 2 N–H and O–H groups in total. The highest BCUT2D eigenvalue weighted by Gasteiger charge is 2.33. The Labute approximate surface area is 162 Å². The van der Waals surface area contributed by atoms with Crippen molar-refractivity contribution in [2.45, 2.75) is 46.2 Å². The molecule has 0 aliphatic heterocycles. The van der Waals surface area contributed by atoms with Crippen molar-refractivity contribution < 1.29 is 13.2 Å². The molecular formula is C15H26F3IN4S. The number of aliphatic imine (C=N–C) groups is 1. The number of nitrogens with one attached hydrogen (secondary N) is 2. The summed E-state index contributed by atoms with van der Waals surface area (Å²) in [7, 11) is 0. The fourth-order valence-corrected chi connectivity index (χ4v) is 2.76. The van der Waals surface area contributed by atoms with E-state index < -0.39 is 11.9 Å². The Kier molecular flexibility index (Phi) is 11.6. The van der Waals surface area contributed by atoms with Crippen LogP contribution >= 0.6 is 35.3 Å². The van der Waals surface area contributed by atoms with Gasteiger partial charge in [-0.2, -0.15) is 13.2 Å². The summed E-state index contributed by atoms with van der Waals surface area (Å²) in [4.78, 5) is 8.15. The molecule has 9 heteroatoms. The number of guanidine groups is 1. The summed E-state index contributed by atoms with van der Waals surface area (Å²) >= 11 is 1.04. The van der Waals surface area contributed by atoms with Crippen molar-refractivity contribution in [3.63, 3.8) is 0 Å². The molecule has 0 fully saturated rings. The van der Waals surface area contributed by atoms with Gasteiger partial charge >= 0.3 is 6.18 Å². The van der Waals surface area contributed by atoms with Gasteiger partial charge in [0, 0.05) is 31.4 Å². The number of alkyl halides is 3. The third-order valence-electron chi connectivity index (χ3n) is 3.48. The van der Waals surface area contributed by atoms with Crippen LogP contribution in [0.25, 0.3) is 0 Å². The topological polar surface area (TPSA) is 49.3 Å². The number of nitrogens with zero attached hydrogens (tertiary/aromatic N) is 2. The van der Waals surface area contributed by atoms with Gasteiger partial charge in [0.25, 0.3) is 0 Å². The van der Waals surface area contributed by atoms with Crippen molar-refractivity contribution in [1.29, 1.82) is 0 Å². The van der Waals surface area contributed by atoms with Crippen LogP contribution in [0, 0.1) is 5.92 Å². The molecule has 0 atom stereocenters. The molecule has 0 spiro atoms. The van der Waals surface area contributed by atoms with Crippen LogP contribution in [0.4, 0.5) is 13.2 Å². The van der Waals surface area contributed by atoms with E-state index >= 15 is 0 Å². The highest BCUT2D eigenvalue weighted by atomic mass is 127. The van der Waals surface area contributed by atoms with Crippen molar-refractivity contribution in [3.05, 3.63) is 16.1 Å². The van der Waals surface area contributed by atoms with Gasteiger partial charge in [-0.25, -0.2) is 4.98 Å². The van der Waals surface area contributed by atoms with Gasteiger partial charge in [-0.15, -0.1) is 35.3 Å². The van der Waals surface area contributed by atoms with Crippen molar-refractivity contribution in [1.82, 2.24) is 15.6 Å². The largest absolute Gasteiger partial charge is 0.434 e. The minimum Gasteiger partial charge on any atom is -0.357 e. The van der Waals surface area contributed by atoms with Crippen LogP contribution in [-0.2, 0) is 12.6 Å². The number of thiazole rings is 1. The van der Waals surface area contributed by atoms with E-state index in [9.17, 15) is 13.2 Å². The van der Waals surface area contributed by atoms with Crippen LogP contribution in [0.1, 0.15) is 44.3 Å². The fraction of sp³-hybridized carbons (Fsp3) is 0.733. The molecule has 0 unspecified atom stereocenters. The first kappa shape index (κ1) is 23.4. The molecule has 0 aliphatic carbocycles. The first-order valence-electron chi connectivity index (χ1n) is 7.94. The lowest BCUT2D eigenvalue weighted by Crippen LogP contribution is -2.38. The highest BCUT2D eigenvalue weighted by Crippen LogP contribution is 2.29. The molecule has 0 saturated heterocycles. The molecule has 1 rings (SSSR count). The number of aromatic nitrogens is 1. The molecule has 0 saturated carbocycles. The average molecular weight is 478 g/mol. The van der Waals surface area contributed by atoms with Crippen LogP contribution in [-0.4, -0.2) is 30.6 Å². The minimum absolute atomic E-state index is 0. The maximum Gasteiger partial charge on any atom is 0.434 e. The van der Waals surface area contributed by atoms with Gasteiger partial charge in [-0.1, -0.05) is 26.7 Å². The third kappa shape index (κ3) is 8.50. The van der Waals surface area contributed by atoms with Gasteiger partial charge in [0.2, 0.25) is 0 Å². The lowest BCUT2D eigenvalue weighted by Gasteiger charge is -2.13. The maximum atomic E-state index is 12.5. The molecule has 1 aromatic heterocycles. The molecule has 4 nitrogen and oxygen atoms in total. The van der Waals surface area contributed by atoms with E-state index in [0.717, 1.165) is 42.6 Å². The predicted octanol–water partition coefficient (Wildman–Crippen LogP) is 4.31. The average Bonchev–Trinajstić information content (AvgIpc) is 2.97. The Morgan fingerprint density at radius 2 is 1.92 bits per heavy atom. The van der Waals surface area contributed by atoms with Crippen LogP contribution < -0.4 is 10.6 Å². The van der Waals surface area contributed by atoms with Gasteiger partial charge in [0.15, 0.2) is 11.7 Å². The summed E-state index contributed by atoms with van der Waals surface area (Å²) in [5, 5.41) is 7.82. The van der Waals surface area contributed by atoms with Crippen molar-refractivity contribution in [2.75, 3.05) is 19.6 Å². The molecule has 0 bridgehead atoms. The SMILES string of the molecule is CCNC(=NCC(CC)CC)NCCc1nc(C(F)(F)F)cs1.I. The number of hydrogen-bond acceptors (Lipinski definition) is 3. The van der Waals surface area contributed by atoms with E-state index in [4.69, 9.17) is 0 Å². The van der Waals surface area contributed by atoms with Crippen LogP contribution in [0.2, 0.25) is 0 Å². The Morgan fingerprint density at radius 1 is 1.25 bits per heavy atom. The highest BCUT2D eigenvalue weighted by molar-refractivity contribution is 14.0. The number of rotatable bonds is 8. The van der Waals surface area contributed by atoms with E-state index in [0.29, 0.717) is 29.9 Å². The van der Waals surface area contributed by atoms with Crippen LogP contribution in [0.5, 0.6) is 0 Å². The molecule has 24 heavy (non-hydrogen) atoms. The Morgan fingerprint density at radius 3 is 2.42 bits per heavy atom. The molecule has 0 aliphatic rings. The second-order valence-corrected chi connectivity index (χ2v) is 6.15. The molecule has 0 aromatic carbocycles. The van der Waals surface area contributed by atoms with Gasteiger partial charge in [-0.05, 0) is 12.8 Å². The fourth-order valence-electron chi connectivity index (χ4n) is 1.95. The normalized spacial score (nSPS) is 12.2. The zero-order valence-electron chi connectivity index (χ0n) is 14.2. The minimum atomic E-state index is -4.37. The van der Waals surface area contributed by atoms with Crippen LogP contribution in [0.3, 0.4) is 0 Å². The Balaban J connectivity index is 0.00000529. The third-order valence-corrected chi connectivity index (χ3v) is 4.39. The zero-order valence-corrected chi connectivity index (χ0v) is 17.4. The quantitative estimate of drug-likeness (QED) is 0.333. The second kappa shape index (κ2) is 11.9. The van der Waals surface area contributed by atoms with Gasteiger partial charge < -0.3 is 10.6 Å². The van der Waals surface area contributed by atoms with Gasteiger partial charge in [0.05, 0.1) is 5.01 Å². The molecule has 1 heterocycles. The summed E-state index contributed by atoms with van der Waals surface area (Å²) < 4.78 is 37.5. The van der Waals surface area contributed by atoms with E-state index in [1.807, 2.05) is 6.92 Å². The predicted molar refractivity (Wildman–Crippen MR) is 104 cm³/mol. The number of halogens is 4. The monoisotopic (exact) mass is 478 g/mol. The van der Waals surface area contributed by atoms with E-state index in [-0.39, 0.29) is 24.0 Å². The van der Waals surface area contributed by atoms with Gasteiger partial charge in [0.1, 0.15) is 0 Å². The van der Waals surface area contributed by atoms with Crippen LogP contribution in [0.15, 0.2) is 10.4 Å². The molecular weight excluding hydrogens is 452 g/mol. The first-order chi connectivity index (χ1) is 10.9. The number of hydrogen-bond donors (Lipinski definition) is 2. The standard InChI is InChI=1S/C15H25F3N4S.HI/c1-4-11(5-2)9-21-14(19-6-3)20-8-7-13-22-12(10-23-13)15(16,17)18;/h10-11H,4-9H2,1-3H3,(H2,19,20,21);1H. The molecule has 0 amide bonds. The van der Waals surface area contributed by atoms with Crippen molar-refractivity contribution >= 4 is 41.3 Å².